The third-order valence-corrected chi connectivity index (χ3v) is 4.85. The van der Waals surface area contributed by atoms with Gasteiger partial charge in [0.1, 0.15) is 6.61 Å². The Morgan fingerprint density at radius 1 is 0.875 bits per heavy atom. The SMILES string of the molecule is CCCCCCCCCCCCCCC[C@@H](O)[C@@H](N)CO[P+](=O)O. The number of nitrogens with two attached hydrogens (primary N) is 1. The highest BCUT2D eigenvalue weighted by molar-refractivity contribution is 7.32. The molecule has 0 aromatic heterocycles. The van der Waals surface area contributed by atoms with Gasteiger partial charge in [-0.3, -0.25) is 0 Å². The van der Waals surface area contributed by atoms with Crippen LogP contribution >= 0.6 is 8.25 Å². The maximum absolute atomic E-state index is 10.4. The van der Waals surface area contributed by atoms with Gasteiger partial charge in [0.25, 0.3) is 0 Å². The quantitative estimate of drug-likeness (QED) is 0.239. The van der Waals surface area contributed by atoms with Gasteiger partial charge in [-0.2, -0.15) is 0 Å². The number of hydrogen-bond donors (Lipinski definition) is 3. The minimum Gasteiger partial charge on any atom is -0.391 e. The van der Waals surface area contributed by atoms with Gasteiger partial charge in [-0.15, -0.1) is 9.42 Å². The summed E-state index contributed by atoms with van der Waals surface area (Å²) < 4.78 is 14.9. The van der Waals surface area contributed by atoms with Gasteiger partial charge in [-0.25, -0.2) is 0 Å². The molecule has 0 heterocycles. The van der Waals surface area contributed by atoms with E-state index < -0.39 is 20.4 Å². The molecule has 5 nitrogen and oxygen atoms in total. The number of rotatable bonds is 18. The van der Waals surface area contributed by atoms with E-state index in [1.807, 2.05) is 0 Å². The van der Waals surface area contributed by atoms with Crippen LogP contribution < -0.4 is 5.73 Å². The van der Waals surface area contributed by atoms with E-state index in [2.05, 4.69) is 11.4 Å². The van der Waals surface area contributed by atoms with Crippen LogP contribution in [0.4, 0.5) is 0 Å². The Balaban J connectivity index is 3.25. The van der Waals surface area contributed by atoms with E-state index in [0.29, 0.717) is 6.42 Å². The lowest BCUT2D eigenvalue weighted by atomic mass is 10.0. The number of aliphatic hydroxyl groups excluding tert-OH is 1. The van der Waals surface area contributed by atoms with Crippen LogP contribution in [0.15, 0.2) is 0 Å². The summed E-state index contributed by atoms with van der Waals surface area (Å²) in [6.07, 6.45) is 16.8. The van der Waals surface area contributed by atoms with Crippen molar-refractivity contribution < 1.29 is 19.1 Å². The Hall–Kier alpha value is -0.0600. The predicted octanol–water partition coefficient (Wildman–Crippen LogP) is 4.82. The van der Waals surface area contributed by atoms with E-state index in [1.165, 1.54) is 70.6 Å². The maximum atomic E-state index is 10.4. The third-order valence-electron chi connectivity index (χ3n) is 4.48. The van der Waals surface area contributed by atoms with Gasteiger partial charge >= 0.3 is 8.25 Å². The van der Waals surface area contributed by atoms with E-state index in [1.54, 1.807) is 0 Å². The Morgan fingerprint density at radius 2 is 1.29 bits per heavy atom. The topological polar surface area (TPSA) is 92.8 Å². The summed E-state index contributed by atoms with van der Waals surface area (Å²) in [6.45, 7) is 2.18. The van der Waals surface area contributed by atoms with Crippen LogP contribution in [0.5, 0.6) is 0 Å². The molecule has 1 unspecified atom stereocenters. The van der Waals surface area contributed by atoms with Crippen molar-refractivity contribution in [3.63, 3.8) is 0 Å². The van der Waals surface area contributed by atoms with Crippen LogP contribution in [0.1, 0.15) is 96.8 Å². The molecule has 0 rings (SSSR count). The molecule has 0 aliphatic heterocycles. The van der Waals surface area contributed by atoms with Crippen molar-refractivity contribution in [2.24, 2.45) is 5.73 Å². The second-order valence-corrected chi connectivity index (χ2v) is 7.53. The molecule has 0 aromatic rings. The average molecular weight is 364 g/mol. The Labute approximate surface area is 149 Å². The summed E-state index contributed by atoms with van der Waals surface area (Å²) in [6, 6.07) is -0.589. The van der Waals surface area contributed by atoms with Crippen molar-refractivity contribution in [3.8, 4) is 0 Å². The van der Waals surface area contributed by atoms with Crippen molar-refractivity contribution in [1.29, 1.82) is 0 Å². The van der Waals surface area contributed by atoms with Crippen LogP contribution in [0.25, 0.3) is 0 Å². The first-order valence-corrected chi connectivity index (χ1v) is 10.9. The highest BCUT2D eigenvalue weighted by atomic mass is 31.1. The normalized spacial score (nSPS) is 14.6. The molecule has 6 heteroatoms. The van der Waals surface area contributed by atoms with Gasteiger partial charge in [0.05, 0.1) is 12.1 Å². The number of hydrogen-bond acceptors (Lipinski definition) is 4. The summed E-state index contributed by atoms with van der Waals surface area (Å²) in [4.78, 5) is 8.53. The Bertz CT molecular complexity index is 292. The summed E-state index contributed by atoms with van der Waals surface area (Å²) in [7, 11) is -2.63. The molecular formula is C18H39NO4P+. The molecule has 0 aliphatic rings. The van der Waals surface area contributed by atoms with Crippen LogP contribution in [-0.2, 0) is 9.09 Å². The number of unbranched alkanes of at least 4 members (excludes halogenated alkanes) is 12. The Morgan fingerprint density at radius 3 is 1.71 bits per heavy atom. The van der Waals surface area contributed by atoms with Crippen LogP contribution in [0.3, 0.4) is 0 Å². The summed E-state index contributed by atoms with van der Waals surface area (Å²) in [5.74, 6) is 0. The van der Waals surface area contributed by atoms with Crippen molar-refractivity contribution in [1.82, 2.24) is 0 Å². The minimum absolute atomic E-state index is 0.0781. The van der Waals surface area contributed by atoms with Crippen molar-refractivity contribution >= 4 is 8.25 Å². The van der Waals surface area contributed by atoms with Gasteiger partial charge in [-0.05, 0) is 6.42 Å². The van der Waals surface area contributed by atoms with Crippen molar-refractivity contribution in [2.45, 2.75) is 109 Å². The lowest BCUT2D eigenvalue weighted by molar-refractivity contribution is 0.104. The zero-order chi connectivity index (χ0) is 18.0. The van der Waals surface area contributed by atoms with Gasteiger partial charge in [-0.1, -0.05) is 90.4 Å². The second-order valence-electron chi connectivity index (χ2n) is 6.80. The predicted molar refractivity (Wildman–Crippen MR) is 100 cm³/mol. The first-order chi connectivity index (χ1) is 11.6. The average Bonchev–Trinajstić information content (AvgIpc) is 2.56. The fourth-order valence-corrected chi connectivity index (χ4v) is 3.15. The third kappa shape index (κ3) is 16.8. The summed E-state index contributed by atoms with van der Waals surface area (Å²) in [5, 5.41) is 9.83. The molecule has 0 aromatic carbocycles. The van der Waals surface area contributed by atoms with E-state index in [-0.39, 0.29) is 6.61 Å². The lowest BCUT2D eigenvalue weighted by Crippen LogP contribution is -2.38. The highest BCUT2D eigenvalue weighted by Gasteiger charge is 2.20. The molecule has 24 heavy (non-hydrogen) atoms. The smallest absolute Gasteiger partial charge is 0.391 e. The van der Waals surface area contributed by atoms with Crippen LogP contribution in [0.2, 0.25) is 0 Å². The maximum Gasteiger partial charge on any atom is 0.694 e. The fraction of sp³-hybridized carbons (Fsp3) is 1.00. The molecule has 4 N–H and O–H groups in total. The standard InChI is InChI=1S/C18H38NO4P/c1-2-3-4-5-6-7-8-9-10-11-12-13-14-15-18(20)17(19)16-23-24(21)22/h17-18,20H,2-16,19H2,1H3/p+1/t17-,18+/m0/s1. The second kappa shape index (κ2) is 17.8. The summed E-state index contributed by atoms with van der Waals surface area (Å²) >= 11 is 0. The zero-order valence-electron chi connectivity index (χ0n) is 15.5. The highest BCUT2D eigenvalue weighted by Crippen LogP contribution is 2.16. The molecule has 0 saturated carbocycles. The monoisotopic (exact) mass is 364 g/mol. The fourth-order valence-electron chi connectivity index (χ4n) is 2.85. The minimum atomic E-state index is -2.63. The van der Waals surface area contributed by atoms with Crippen LogP contribution in [-0.4, -0.2) is 28.8 Å². The van der Waals surface area contributed by atoms with E-state index in [4.69, 9.17) is 10.6 Å². The lowest BCUT2D eigenvalue weighted by Gasteiger charge is -2.15. The van der Waals surface area contributed by atoms with Gasteiger partial charge in [0, 0.05) is 4.57 Å². The molecule has 3 atom stereocenters. The van der Waals surface area contributed by atoms with Gasteiger partial charge in [0.2, 0.25) is 0 Å². The van der Waals surface area contributed by atoms with Crippen molar-refractivity contribution in [2.75, 3.05) is 6.61 Å². The van der Waals surface area contributed by atoms with Gasteiger partial charge in [0.15, 0.2) is 0 Å². The molecule has 0 fully saturated rings. The molecule has 0 bridgehead atoms. The summed E-state index contributed by atoms with van der Waals surface area (Å²) in [5.41, 5.74) is 5.70. The first kappa shape index (κ1) is 23.9. The molecule has 0 amide bonds. The molecular weight excluding hydrogens is 325 g/mol. The molecule has 0 spiro atoms. The number of aliphatic hydroxyl groups is 1. The molecule has 0 radical (unpaired) electrons. The molecule has 144 valence electrons. The van der Waals surface area contributed by atoms with E-state index >= 15 is 0 Å². The largest absolute Gasteiger partial charge is 0.694 e. The van der Waals surface area contributed by atoms with Gasteiger partial charge < -0.3 is 10.8 Å². The first-order valence-electron chi connectivity index (χ1n) is 9.80. The molecule has 0 aliphatic carbocycles. The van der Waals surface area contributed by atoms with E-state index in [0.717, 1.165) is 12.8 Å². The van der Waals surface area contributed by atoms with E-state index in [9.17, 15) is 9.67 Å². The molecule has 0 saturated heterocycles. The van der Waals surface area contributed by atoms with Crippen LogP contribution in [0, 0.1) is 0 Å². The zero-order valence-corrected chi connectivity index (χ0v) is 16.4. The Kier molecular flexibility index (Phi) is 17.7. The van der Waals surface area contributed by atoms with Crippen molar-refractivity contribution in [3.05, 3.63) is 0 Å².